The molecule has 0 radical (unpaired) electrons. The van der Waals surface area contributed by atoms with Crippen LogP contribution in [0.25, 0.3) is 38.4 Å². The summed E-state index contributed by atoms with van der Waals surface area (Å²) in [5.74, 6) is 0.919. The molecule has 0 spiro atoms. The second-order valence-electron chi connectivity index (χ2n) is 6.53. The molecule has 1 fully saturated rings. The minimum atomic E-state index is 0.457. The van der Waals surface area contributed by atoms with Gasteiger partial charge in [0.15, 0.2) is 5.69 Å². The van der Waals surface area contributed by atoms with Crippen LogP contribution in [0.1, 0.15) is 18.9 Å². The number of pyridine rings is 2. The van der Waals surface area contributed by atoms with E-state index >= 15 is 0 Å². The Morgan fingerprint density at radius 1 is 0.962 bits per heavy atom. The van der Waals surface area contributed by atoms with Crippen molar-refractivity contribution in [3.8, 4) is 22.5 Å². The summed E-state index contributed by atoms with van der Waals surface area (Å²) in [6, 6.07) is 12.2. The van der Waals surface area contributed by atoms with E-state index in [1.165, 1.54) is 0 Å². The fraction of sp³-hybridized carbons (Fsp3) is 0.143. The molecule has 0 bridgehead atoms. The lowest BCUT2D eigenvalue weighted by Gasteiger charge is -2.09. The SMILES string of the molecule is [C-]#[N+]c1ccc2nc(-c3cncc(-c4cccnc4)c3)n(C3CC3)c2c1. The van der Waals surface area contributed by atoms with E-state index < -0.39 is 0 Å². The van der Waals surface area contributed by atoms with Gasteiger partial charge in [0.25, 0.3) is 0 Å². The van der Waals surface area contributed by atoms with E-state index in [0.29, 0.717) is 11.7 Å². The minimum absolute atomic E-state index is 0.457. The van der Waals surface area contributed by atoms with Crippen molar-refractivity contribution in [2.45, 2.75) is 18.9 Å². The monoisotopic (exact) mass is 337 g/mol. The number of fused-ring (bicyclic) bond motifs is 1. The highest BCUT2D eigenvalue weighted by Crippen LogP contribution is 2.42. The topological polar surface area (TPSA) is 48.0 Å². The van der Waals surface area contributed by atoms with Crippen LogP contribution in [0.3, 0.4) is 0 Å². The molecular weight excluding hydrogens is 322 g/mol. The van der Waals surface area contributed by atoms with Gasteiger partial charge in [-0.3, -0.25) is 9.97 Å². The Labute approximate surface area is 150 Å². The molecule has 0 unspecified atom stereocenters. The Kier molecular flexibility index (Phi) is 3.29. The Balaban J connectivity index is 1.70. The van der Waals surface area contributed by atoms with Crippen molar-refractivity contribution in [2.75, 3.05) is 0 Å². The molecule has 1 saturated carbocycles. The van der Waals surface area contributed by atoms with Crippen LogP contribution in [-0.2, 0) is 0 Å². The lowest BCUT2D eigenvalue weighted by atomic mass is 10.1. The Bertz CT molecular complexity index is 1150. The van der Waals surface area contributed by atoms with Crippen molar-refractivity contribution in [3.63, 3.8) is 0 Å². The number of hydrogen-bond acceptors (Lipinski definition) is 3. The van der Waals surface area contributed by atoms with E-state index in [1.807, 2.05) is 48.9 Å². The van der Waals surface area contributed by atoms with Crippen LogP contribution in [0.5, 0.6) is 0 Å². The predicted octanol–water partition coefficient (Wildman–Crippen LogP) is 5.05. The molecule has 0 atom stereocenters. The molecule has 1 aliphatic carbocycles. The van der Waals surface area contributed by atoms with E-state index in [0.717, 1.165) is 46.4 Å². The van der Waals surface area contributed by atoms with Crippen molar-refractivity contribution >= 4 is 16.7 Å². The second kappa shape index (κ2) is 5.78. The standard InChI is InChI=1S/C21H15N5/c1-22-17-4-7-19-20(10-17)26(18-5-6-18)21(25-19)16-9-15(12-24-13-16)14-3-2-8-23-11-14/h2-4,7-13,18H,5-6H2. The first-order valence-corrected chi connectivity index (χ1v) is 8.59. The van der Waals surface area contributed by atoms with Crippen molar-refractivity contribution in [1.29, 1.82) is 0 Å². The van der Waals surface area contributed by atoms with Gasteiger partial charge in [0.1, 0.15) is 5.82 Å². The molecule has 5 nitrogen and oxygen atoms in total. The Hall–Kier alpha value is -3.52. The first kappa shape index (κ1) is 14.8. The van der Waals surface area contributed by atoms with Gasteiger partial charge in [0.2, 0.25) is 0 Å². The molecule has 3 heterocycles. The molecule has 0 amide bonds. The van der Waals surface area contributed by atoms with Gasteiger partial charge in [-0.05, 0) is 37.1 Å². The highest BCUT2D eigenvalue weighted by molar-refractivity contribution is 5.85. The lowest BCUT2D eigenvalue weighted by Crippen LogP contribution is -1.98. The quantitative estimate of drug-likeness (QED) is 0.492. The maximum Gasteiger partial charge on any atom is 0.189 e. The van der Waals surface area contributed by atoms with Gasteiger partial charge in [-0.2, -0.15) is 0 Å². The first-order valence-electron chi connectivity index (χ1n) is 8.59. The molecule has 0 saturated heterocycles. The Morgan fingerprint density at radius 2 is 1.81 bits per heavy atom. The van der Waals surface area contributed by atoms with E-state index in [2.05, 4.69) is 25.4 Å². The summed E-state index contributed by atoms with van der Waals surface area (Å²) < 4.78 is 2.27. The van der Waals surface area contributed by atoms with Gasteiger partial charge >= 0.3 is 0 Å². The number of nitrogens with zero attached hydrogens (tertiary/aromatic N) is 5. The molecule has 5 heteroatoms. The van der Waals surface area contributed by atoms with E-state index in [9.17, 15) is 0 Å². The second-order valence-corrected chi connectivity index (χ2v) is 6.53. The van der Waals surface area contributed by atoms with Gasteiger partial charge in [-0.25, -0.2) is 9.83 Å². The van der Waals surface area contributed by atoms with Crippen LogP contribution in [-0.4, -0.2) is 19.5 Å². The number of imidazole rings is 1. The molecule has 3 aromatic heterocycles. The number of aromatic nitrogens is 4. The zero-order chi connectivity index (χ0) is 17.5. The number of hydrogen-bond donors (Lipinski definition) is 0. The molecule has 1 aliphatic rings. The summed E-state index contributed by atoms with van der Waals surface area (Å²) in [5, 5.41) is 0. The average molecular weight is 337 g/mol. The van der Waals surface area contributed by atoms with Crippen LogP contribution in [0.4, 0.5) is 5.69 Å². The normalized spacial score (nSPS) is 13.7. The van der Waals surface area contributed by atoms with Gasteiger partial charge in [0, 0.05) is 47.5 Å². The van der Waals surface area contributed by atoms with Gasteiger partial charge in [-0.15, -0.1) is 0 Å². The summed E-state index contributed by atoms with van der Waals surface area (Å²) in [5.41, 5.74) is 5.64. The van der Waals surface area contributed by atoms with Gasteiger partial charge in [0.05, 0.1) is 17.6 Å². The van der Waals surface area contributed by atoms with Crippen LogP contribution in [0.2, 0.25) is 0 Å². The highest BCUT2D eigenvalue weighted by atomic mass is 15.1. The van der Waals surface area contributed by atoms with Gasteiger partial charge < -0.3 is 4.57 Å². The minimum Gasteiger partial charge on any atom is -0.322 e. The summed E-state index contributed by atoms with van der Waals surface area (Å²) in [6.07, 6.45) is 9.61. The zero-order valence-electron chi connectivity index (χ0n) is 14.0. The first-order chi connectivity index (χ1) is 12.8. The smallest absolute Gasteiger partial charge is 0.189 e. The predicted molar refractivity (Wildman–Crippen MR) is 101 cm³/mol. The summed E-state index contributed by atoms with van der Waals surface area (Å²) in [7, 11) is 0. The van der Waals surface area contributed by atoms with E-state index in [-0.39, 0.29) is 0 Å². The third kappa shape index (κ3) is 2.44. The molecule has 0 aliphatic heterocycles. The molecule has 124 valence electrons. The van der Waals surface area contributed by atoms with Crippen LogP contribution >= 0.6 is 0 Å². The molecular formula is C21H15N5. The third-order valence-corrected chi connectivity index (χ3v) is 4.71. The van der Waals surface area contributed by atoms with Gasteiger partial charge in [-0.1, -0.05) is 12.1 Å². The molecule has 4 aromatic rings. The fourth-order valence-electron chi connectivity index (χ4n) is 3.31. The fourth-order valence-corrected chi connectivity index (χ4v) is 3.31. The lowest BCUT2D eigenvalue weighted by molar-refractivity contribution is 0.775. The molecule has 26 heavy (non-hydrogen) atoms. The van der Waals surface area contributed by atoms with Crippen LogP contribution in [0, 0.1) is 6.57 Å². The summed E-state index contributed by atoms with van der Waals surface area (Å²) >= 11 is 0. The summed E-state index contributed by atoms with van der Waals surface area (Å²) in [6.45, 7) is 7.29. The number of benzene rings is 1. The molecule has 5 rings (SSSR count). The van der Waals surface area contributed by atoms with Crippen molar-refractivity contribution < 1.29 is 0 Å². The maximum atomic E-state index is 7.29. The van der Waals surface area contributed by atoms with Crippen LogP contribution in [0.15, 0.2) is 61.2 Å². The highest BCUT2D eigenvalue weighted by Gasteiger charge is 2.29. The average Bonchev–Trinajstić information content (AvgIpc) is 3.48. The van der Waals surface area contributed by atoms with Crippen molar-refractivity contribution in [3.05, 3.63) is 72.6 Å². The maximum absolute atomic E-state index is 7.29. The Morgan fingerprint density at radius 3 is 2.58 bits per heavy atom. The largest absolute Gasteiger partial charge is 0.322 e. The number of rotatable bonds is 3. The van der Waals surface area contributed by atoms with Crippen molar-refractivity contribution in [2.24, 2.45) is 0 Å². The summed E-state index contributed by atoms with van der Waals surface area (Å²) in [4.78, 5) is 17.1. The third-order valence-electron chi connectivity index (χ3n) is 4.71. The molecule has 1 aromatic carbocycles. The zero-order valence-corrected chi connectivity index (χ0v) is 14.0. The van der Waals surface area contributed by atoms with E-state index in [4.69, 9.17) is 11.6 Å². The molecule has 0 N–H and O–H groups in total. The van der Waals surface area contributed by atoms with Crippen molar-refractivity contribution in [1.82, 2.24) is 19.5 Å². The van der Waals surface area contributed by atoms with Crippen LogP contribution < -0.4 is 0 Å². The van der Waals surface area contributed by atoms with E-state index in [1.54, 1.807) is 6.20 Å².